The zero-order valence-corrected chi connectivity index (χ0v) is 13.5. The fraction of sp³-hybridized carbons (Fsp3) is 0.625. The molecule has 2 fully saturated rings. The Hall–Kier alpha value is -1.63. The van der Waals surface area contributed by atoms with Crippen molar-refractivity contribution in [3.05, 3.63) is 46.3 Å². The van der Waals surface area contributed by atoms with Gasteiger partial charge < -0.3 is 9.47 Å². The molecule has 0 aromatic heterocycles. The van der Waals surface area contributed by atoms with Crippen LogP contribution in [0.3, 0.4) is 0 Å². The zero-order chi connectivity index (χ0) is 16.3. The van der Waals surface area contributed by atoms with Crippen molar-refractivity contribution in [2.45, 2.75) is 50.8 Å². The third kappa shape index (κ3) is 4.02. The summed E-state index contributed by atoms with van der Waals surface area (Å²) in [5.74, 6) is -0.564. The number of ether oxygens (including phenoxy) is 2. The predicted molar refractivity (Wildman–Crippen MR) is 84.2 cm³/mol. The lowest BCUT2D eigenvalue weighted by atomic mass is 10.0. The monoisotopic (exact) mass is 318 g/mol. The second-order valence-electron chi connectivity index (χ2n) is 6.37. The molecule has 0 bridgehead atoms. The molecule has 3 rings (SSSR count). The molecule has 0 aliphatic carbocycles. The molecular weight excluding hydrogens is 296 g/mol. The smallest absolute Gasteiger partial charge is 0.163 e. The van der Waals surface area contributed by atoms with Crippen molar-refractivity contribution in [2.75, 3.05) is 13.2 Å². The molecule has 0 radical (unpaired) electrons. The van der Waals surface area contributed by atoms with Crippen LogP contribution in [0.2, 0.25) is 0 Å². The zero-order valence-electron chi connectivity index (χ0n) is 13.5. The van der Waals surface area contributed by atoms with Crippen LogP contribution < -0.4 is 0 Å². The minimum absolute atomic E-state index is 0.0511. The fourth-order valence-corrected chi connectivity index (χ4v) is 3.10. The predicted octanol–water partition coefficient (Wildman–Crippen LogP) is 3.02. The quantitative estimate of drug-likeness (QED) is 0.475. The molecule has 1 aromatic carbocycles. The highest BCUT2D eigenvalue weighted by Gasteiger charge is 2.44. The van der Waals surface area contributed by atoms with E-state index in [1.165, 1.54) is 5.56 Å². The summed E-state index contributed by atoms with van der Waals surface area (Å²) in [7, 11) is 0. The molecule has 124 valence electrons. The summed E-state index contributed by atoms with van der Waals surface area (Å²) in [6, 6.07) is 10.2. The summed E-state index contributed by atoms with van der Waals surface area (Å²) in [4.78, 5) is 8.82. The maximum Gasteiger partial charge on any atom is 0.163 e. The Bertz CT molecular complexity index is 574. The molecule has 2 aliphatic heterocycles. The average Bonchev–Trinajstić information content (AvgIpc) is 3.09. The van der Waals surface area contributed by atoms with Crippen LogP contribution in [0.4, 0.5) is 0 Å². The summed E-state index contributed by atoms with van der Waals surface area (Å²) in [6.45, 7) is 5.37. The van der Waals surface area contributed by atoms with Gasteiger partial charge in [-0.2, -0.15) is 5.06 Å². The van der Waals surface area contributed by atoms with Gasteiger partial charge in [0.2, 0.25) is 0 Å². The number of rotatable bonds is 5. The van der Waals surface area contributed by atoms with Crippen LogP contribution in [0.5, 0.6) is 0 Å². The Kier molecular flexibility index (Phi) is 4.84. The van der Waals surface area contributed by atoms with Gasteiger partial charge in [-0.1, -0.05) is 35.4 Å². The van der Waals surface area contributed by atoms with E-state index in [1.54, 1.807) is 0 Å². The third-order valence-corrected chi connectivity index (χ3v) is 4.15. The maximum atomic E-state index is 8.52. The van der Waals surface area contributed by atoms with Crippen LogP contribution in [0.1, 0.15) is 25.8 Å². The van der Waals surface area contributed by atoms with Gasteiger partial charge in [0.05, 0.1) is 25.3 Å². The van der Waals surface area contributed by atoms with Crippen molar-refractivity contribution in [2.24, 2.45) is 5.11 Å². The summed E-state index contributed by atoms with van der Waals surface area (Å²) in [6.07, 6.45) is 0.590. The van der Waals surface area contributed by atoms with Gasteiger partial charge in [0.25, 0.3) is 0 Å². The first kappa shape index (κ1) is 16.2. The largest absolute Gasteiger partial charge is 0.348 e. The van der Waals surface area contributed by atoms with Crippen LogP contribution in [0, 0.1) is 0 Å². The molecule has 2 aliphatic rings. The highest BCUT2D eigenvalue weighted by atomic mass is 16.8. The molecule has 3 atom stereocenters. The van der Waals surface area contributed by atoms with Crippen molar-refractivity contribution in [1.82, 2.24) is 5.06 Å². The normalized spacial score (nSPS) is 30.3. The van der Waals surface area contributed by atoms with Gasteiger partial charge in [0.15, 0.2) is 5.79 Å². The minimum atomic E-state index is -0.564. The first-order valence-corrected chi connectivity index (χ1v) is 7.87. The van der Waals surface area contributed by atoms with Gasteiger partial charge in [-0.05, 0) is 31.4 Å². The number of benzene rings is 1. The summed E-state index contributed by atoms with van der Waals surface area (Å²) >= 11 is 0. The van der Waals surface area contributed by atoms with Crippen LogP contribution >= 0.6 is 0 Å². The highest BCUT2D eigenvalue weighted by Crippen LogP contribution is 2.33. The van der Waals surface area contributed by atoms with Crippen LogP contribution in [-0.4, -0.2) is 42.3 Å². The van der Waals surface area contributed by atoms with E-state index in [4.69, 9.17) is 19.8 Å². The van der Waals surface area contributed by atoms with E-state index in [-0.39, 0.29) is 18.2 Å². The maximum absolute atomic E-state index is 8.52. The van der Waals surface area contributed by atoms with E-state index in [1.807, 2.05) is 37.1 Å². The number of hydrogen-bond acceptors (Lipinski definition) is 5. The number of azide groups is 1. The molecule has 0 saturated carbocycles. The molecule has 7 heteroatoms. The Morgan fingerprint density at radius 2 is 2.13 bits per heavy atom. The Morgan fingerprint density at radius 3 is 2.78 bits per heavy atom. The fourth-order valence-electron chi connectivity index (χ4n) is 3.10. The van der Waals surface area contributed by atoms with E-state index in [0.29, 0.717) is 19.7 Å². The molecule has 2 heterocycles. The van der Waals surface area contributed by atoms with Crippen molar-refractivity contribution in [3.63, 3.8) is 0 Å². The van der Waals surface area contributed by atoms with Gasteiger partial charge in [0.1, 0.15) is 6.10 Å². The lowest BCUT2D eigenvalue weighted by Gasteiger charge is -2.27. The van der Waals surface area contributed by atoms with Crippen LogP contribution in [0.25, 0.3) is 10.4 Å². The topological polar surface area (TPSA) is 79.7 Å². The number of hydrogen-bond donors (Lipinski definition) is 0. The third-order valence-electron chi connectivity index (χ3n) is 4.15. The van der Waals surface area contributed by atoms with Crippen LogP contribution in [-0.2, 0) is 20.9 Å². The van der Waals surface area contributed by atoms with Gasteiger partial charge in [-0.3, -0.25) is 4.84 Å². The highest BCUT2D eigenvalue weighted by molar-refractivity contribution is 5.14. The van der Waals surface area contributed by atoms with E-state index in [2.05, 4.69) is 22.2 Å². The van der Waals surface area contributed by atoms with Crippen molar-refractivity contribution in [3.8, 4) is 0 Å². The Labute approximate surface area is 135 Å². The van der Waals surface area contributed by atoms with Gasteiger partial charge in [-0.15, -0.1) is 0 Å². The van der Waals surface area contributed by atoms with E-state index >= 15 is 0 Å². The van der Waals surface area contributed by atoms with Crippen molar-refractivity contribution >= 4 is 0 Å². The summed E-state index contributed by atoms with van der Waals surface area (Å²) in [5, 5.41) is 5.59. The lowest BCUT2D eigenvalue weighted by molar-refractivity contribution is -0.194. The Morgan fingerprint density at radius 1 is 1.35 bits per heavy atom. The van der Waals surface area contributed by atoms with E-state index < -0.39 is 5.79 Å². The van der Waals surface area contributed by atoms with Crippen molar-refractivity contribution < 1.29 is 14.3 Å². The van der Waals surface area contributed by atoms with Gasteiger partial charge in [-0.25, -0.2) is 0 Å². The molecule has 0 spiro atoms. The van der Waals surface area contributed by atoms with Crippen LogP contribution in [0.15, 0.2) is 35.4 Å². The molecule has 2 saturated heterocycles. The molecule has 0 unspecified atom stereocenters. The molecular formula is C16H22N4O3. The second-order valence-corrected chi connectivity index (χ2v) is 6.37. The lowest BCUT2D eigenvalue weighted by Crippen LogP contribution is -2.40. The van der Waals surface area contributed by atoms with Crippen molar-refractivity contribution in [1.29, 1.82) is 0 Å². The SMILES string of the molecule is CC1(C)OC[C@H]([C@@H]2C[C@@H](CN=[N+]=[N-])ON2Cc2ccccc2)O1. The second kappa shape index (κ2) is 6.86. The minimum Gasteiger partial charge on any atom is -0.348 e. The Balaban J connectivity index is 1.72. The number of hydroxylamine groups is 2. The molecule has 7 nitrogen and oxygen atoms in total. The van der Waals surface area contributed by atoms with E-state index in [0.717, 1.165) is 6.42 Å². The first-order valence-electron chi connectivity index (χ1n) is 7.87. The molecule has 0 N–H and O–H groups in total. The van der Waals surface area contributed by atoms with Gasteiger partial charge in [0, 0.05) is 11.5 Å². The number of nitrogens with zero attached hydrogens (tertiary/aromatic N) is 4. The van der Waals surface area contributed by atoms with Gasteiger partial charge >= 0.3 is 0 Å². The molecule has 1 aromatic rings. The standard InChI is InChI=1S/C16H22N4O3/c1-16(2)21-11-15(22-16)14-8-13(9-18-19-17)23-20(14)10-12-6-4-3-5-7-12/h3-7,13-15H,8-11H2,1-2H3/t13-,14-,15+/m0/s1. The molecule has 0 amide bonds. The first-order chi connectivity index (χ1) is 11.1. The average molecular weight is 318 g/mol. The summed E-state index contributed by atoms with van der Waals surface area (Å²) < 4.78 is 11.7. The summed E-state index contributed by atoms with van der Waals surface area (Å²) in [5.41, 5.74) is 9.68. The molecule has 23 heavy (non-hydrogen) atoms. The van der Waals surface area contributed by atoms with E-state index in [9.17, 15) is 0 Å².